The molecule has 0 bridgehead atoms. The molecule has 2 aromatic heterocycles. The molecule has 2 N–H and O–H groups in total. The number of hydrogen-bond acceptors (Lipinski definition) is 5. The van der Waals surface area contributed by atoms with Crippen molar-refractivity contribution in [2.45, 2.75) is 44.7 Å². The summed E-state index contributed by atoms with van der Waals surface area (Å²) in [4.78, 5) is 41.9. The summed E-state index contributed by atoms with van der Waals surface area (Å²) in [6, 6.07) is 7.14. The smallest absolute Gasteiger partial charge is 0.264 e. The standard InChI is InChI=1S/C21H24N6O3/c1-26-19-16(12-23-26)21(30)27(13-22-19)11-10-18(28)25-17-9-5-4-8-15(17)20(29)24-14-6-2-3-7-14/h4-5,8-9,12-14H,2-3,6-7,10-11H2,1H3,(H,24,29)(H,25,28). The summed E-state index contributed by atoms with van der Waals surface area (Å²) in [7, 11) is 1.72. The van der Waals surface area contributed by atoms with Crippen LogP contribution in [0.25, 0.3) is 11.0 Å². The van der Waals surface area contributed by atoms with Crippen LogP contribution in [0.5, 0.6) is 0 Å². The second-order valence-corrected chi connectivity index (χ2v) is 7.55. The number of carbonyl (C=O) groups is 2. The van der Waals surface area contributed by atoms with Crippen LogP contribution in [0.15, 0.2) is 41.6 Å². The molecule has 1 aliphatic carbocycles. The molecule has 2 heterocycles. The molecule has 0 spiro atoms. The van der Waals surface area contributed by atoms with Gasteiger partial charge in [0.1, 0.15) is 5.39 Å². The van der Waals surface area contributed by atoms with Gasteiger partial charge >= 0.3 is 0 Å². The predicted octanol–water partition coefficient (Wildman–Crippen LogP) is 1.83. The van der Waals surface area contributed by atoms with Gasteiger partial charge in [-0.15, -0.1) is 0 Å². The second-order valence-electron chi connectivity index (χ2n) is 7.55. The zero-order valence-corrected chi connectivity index (χ0v) is 16.8. The zero-order valence-electron chi connectivity index (χ0n) is 16.8. The Balaban J connectivity index is 1.41. The minimum absolute atomic E-state index is 0.0753. The highest BCUT2D eigenvalue weighted by Gasteiger charge is 2.20. The van der Waals surface area contributed by atoms with Crippen LogP contribution in [0.4, 0.5) is 5.69 Å². The van der Waals surface area contributed by atoms with Crippen molar-refractivity contribution in [2.24, 2.45) is 7.05 Å². The normalized spacial score (nSPS) is 14.2. The average Bonchev–Trinajstić information content (AvgIpc) is 3.38. The number of aromatic nitrogens is 4. The summed E-state index contributed by atoms with van der Waals surface area (Å²) < 4.78 is 2.92. The molecule has 1 fully saturated rings. The molecule has 0 aliphatic heterocycles. The molecule has 3 aromatic rings. The summed E-state index contributed by atoms with van der Waals surface area (Å²) in [5.41, 5.74) is 1.17. The molecular formula is C21H24N6O3. The number of anilines is 1. The number of fused-ring (bicyclic) bond motifs is 1. The molecule has 156 valence electrons. The molecule has 9 heteroatoms. The van der Waals surface area contributed by atoms with E-state index in [4.69, 9.17) is 0 Å². The number of benzene rings is 1. The van der Waals surface area contributed by atoms with E-state index in [-0.39, 0.29) is 36.4 Å². The predicted molar refractivity (Wildman–Crippen MR) is 112 cm³/mol. The molecule has 2 amide bonds. The van der Waals surface area contributed by atoms with Crippen LogP contribution < -0.4 is 16.2 Å². The number of hydrogen-bond donors (Lipinski definition) is 2. The van der Waals surface area contributed by atoms with E-state index in [1.807, 2.05) is 0 Å². The van der Waals surface area contributed by atoms with E-state index in [2.05, 4.69) is 20.7 Å². The Morgan fingerprint density at radius 1 is 1.20 bits per heavy atom. The molecule has 0 saturated heterocycles. The quantitative estimate of drug-likeness (QED) is 0.646. The molecule has 30 heavy (non-hydrogen) atoms. The third kappa shape index (κ3) is 4.10. The van der Waals surface area contributed by atoms with Crippen LogP contribution in [-0.2, 0) is 18.4 Å². The van der Waals surface area contributed by atoms with Gasteiger partial charge in [0.05, 0.1) is 23.8 Å². The minimum atomic E-state index is -0.283. The molecule has 0 unspecified atom stereocenters. The van der Waals surface area contributed by atoms with Crippen molar-refractivity contribution in [1.29, 1.82) is 0 Å². The molecule has 1 aliphatic rings. The van der Waals surface area contributed by atoms with Crippen molar-refractivity contribution in [1.82, 2.24) is 24.6 Å². The fraction of sp³-hybridized carbons (Fsp3) is 0.381. The summed E-state index contributed by atoms with van der Waals surface area (Å²) in [6.45, 7) is 0.180. The number of aryl methyl sites for hydroxylation is 2. The Morgan fingerprint density at radius 3 is 2.77 bits per heavy atom. The Hall–Kier alpha value is -3.49. The van der Waals surface area contributed by atoms with Gasteiger partial charge in [0, 0.05) is 26.1 Å². The summed E-state index contributed by atoms with van der Waals surface area (Å²) in [6.07, 6.45) is 7.20. The van der Waals surface area contributed by atoms with Crippen LogP contribution in [-0.4, -0.2) is 37.2 Å². The highest BCUT2D eigenvalue weighted by atomic mass is 16.2. The van der Waals surface area contributed by atoms with E-state index in [1.54, 1.807) is 31.3 Å². The van der Waals surface area contributed by atoms with Gasteiger partial charge in [0.15, 0.2) is 5.65 Å². The molecule has 9 nitrogen and oxygen atoms in total. The number of amides is 2. The molecule has 1 aromatic carbocycles. The maximum Gasteiger partial charge on any atom is 0.264 e. The Morgan fingerprint density at radius 2 is 1.97 bits per heavy atom. The second kappa shape index (κ2) is 8.48. The average molecular weight is 408 g/mol. The van der Waals surface area contributed by atoms with Gasteiger partial charge in [0.2, 0.25) is 5.91 Å². The molecule has 4 rings (SSSR count). The third-order valence-corrected chi connectivity index (χ3v) is 5.43. The zero-order chi connectivity index (χ0) is 21.1. The minimum Gasteiger partial charge on any atom is -0.349 e. The van der Waals surface area contributed by atoms with Crippen LogP contribution >= 0.6 is 0 Å². The van der Waals surface area contributed by atoms with Gasteiger partial charge in [-0.05, 0) is 25.0 Å². The molecule has 0 radical (unpaired) electrons. The first-order valence-electron chi connectivity index (χ1n) is 10.1. The lowest BCUT2D eigenvalue weighted by molar-refractivity contribution is -0.116. The monoisotopic (exact) mass is 408 g/mol. The Kier molecular flexibility index (Phi) is 5.60. The summed E-state index contributed by atoms with van der Waals surface area (Å²) in [5, 5.41) is 10.3. The number of carbonyl (C=O) groups excluding carboxylic acids is 2. The number of para-hydroxylation sites is 1. The first-order chi connectivity index (χ1) is 14.5. The number of nitrogens with zero attached hydrogens (tertiary/aromatic N) is 4. The SMILES string of the molecule is Cn1ncc2c(=O)n(CCC(=O)Nc3ccccc3C(=O)NC3CCCC3)cnc21. The van der Waals surface area contributed by atoms with Crippen LogP contribution in [0, 0.1) is 0 Å². The van der Waals surface area contributed by atoms with Crippen molar-refractivity contribution in [3.63, 3.8) is 0 Å². The summed E-state index contributed by atoms with van der Waals surface area (Å²) >= 11 is 0. The maximum absolute atomic E-state index is 12.6. The van der Waals surface area contributed by atoms with E-state index < -0.39 is 0 Å². The van der Waals surface area contributed by atoms with Crippen LogP contribution in [0.3, 0.4) is 0 Å². The lowest BCUT2D eigenvalue weighted by Crippen LogP contribution is -2.33. The number of nitrogens with one attached hydrogen (secondary N) is 2. The van der Waals surface area contributed by atoms with Gasteiger partial charge in [-0.2, -0.15) is 5.10 Å². The van der Waals surface area contributed by atoms with Crippen LogP contribution in [0.1, 0.15) is 42.5 Å². The first-order valence-corrected chi connectivity index (χ1v) is 10.1. The van der Waals surface area contributed by atoms with E-state index >= 15 is 0 Å². The van der Waals surface area contributed by atoms with Gasteiger partial charge < -0.3 is 10.6 Å². The molecular weight excluding hydrogens is 384 g/mol. The van der Waals surface area contributed by atoms with Gasteiger partial charge in [0.25, 0.3) is 11.5 Å². The van der Waals surface area contributed by atoms with E-state index in [0.717, 1.165) is 25.7 Å². The van der Waals surface area contributed by atoms with E-state index in [9.17, 15) is 14.4 Å². The first kappa shape index (κ1) is 19.8. The fourth-order valence-corrected chi connectivity index (χ4v) is 3.78. The Labute approximate surface area is 173 Å². The highest BCUT2D eigenvalue weighted by molar-refractivity contribution is 6.03. The lowest BCUT2D eigenvalue weighted by atomic mass is 10.1. The van der Waals surface area contributed by atoms with Crippen molar-refractivity contribution < 1.29 is 9.59 Å². The van der Waals surface area contributed by atoms with Crippen molar-refractivity contribution >= 4 is 28.5 Å². The van der Waals surface area contributed by atoms with E-state index in [0.29, 0.717) is 22.3 Å². The third-order valence-electron chi connectivity index (χ3n) is 5.43. The van der Waals surface area contributed by atoms with E-state index in [1.165, 1.54) is 21.8 Å². The molecule has 1 saturated carbocycles. The maximum atomic E-state index is 12.6. The van der Waals surface area contributed by atoms with Crippen LogP contribution in [0.2, 0.25) is 0 Å². The lowest BCUT2D eigenvalue weighted by Gasteiger charge is -2.15. The molecule has 0 atom stereocenters. The van der Waals surface area contributed by atoms with Gasteiger partial charge in [-0.1, -0.05) is 25.0 Å². The van der Waals surface area contributed by atoms with Gasteiger partial charge in [-0.3, -0.25) is 23.6 Å². The fourth-order valence-electron chi connectivity index (χ4n) is 3.78. The Bertz CT molecular complexity index is 1140. The topological polar surface area (TPSA) is 111 Å². The van der Waals surface area contributed by atoms with Crippen molar-refractivity contribution in [2.75, 3.05) is 5.32 Å². The largest absolute Gasteiger partial charge is 0.349 e. The highest BCUT2D eigenvalue weighted by Crippen LogP contribution is 2.20. The van der Waals surface area contributed by atoms with Crippen molar-refractivity contribution in [3.8, 4) is 0 Å². The summed E-state index contributed by atoms with van der Waals surface area (Å²) in [5.74, 6) is -0.463. The van der Waals surface area contributed by atoms with Crippen molar-refractivity contribution in [3.05, 3.63) is 52.7 Å². The van der Waals surface area contributed by atoms with Gasteiger partial charge in [-0.25, -0.2) is 4.98 Å². The number of rotatable bonds is 6.